The van der Waals surface area contributed by atoms with E-state index in [0.29, 0.717) is 35.4 Å². The lowest BCUT2D eigenvalue weighted by atomic mass is 10.2. The van der Waals surface area contributed by atoms with Gasteiger partial charge in [0, 0.05) is 18.3 Å². The highest BCUT2D eigenvalue weighted by Crippen LogP contribution is 2.29. The van der Waals surface area contributed by atoms with Gasteiger partial charge in [-0.25, -0.2) is 9.97 Å². The highest BCUT2D eigenvalue weighted by molar-refractivity contribution is 6.04. The summed E-state index contributed by atoms with van der Waals surface area (Å²) in [5.74, 6) is 1.16. The lowest BCUT2D eigenvalue weighted by Gasteiger charge is -2.12. The standard InChI is InChI=1S/C17H20N4O3/c1-5-8-18-17-19-11(2)9-14(21-17)16(22)20-13-7-6-12(23-3)10-15(13)24-4/h5-7,9-10H,1,8H2,2-4H3,(H,20,22)(H,18,19,21). The smallest absolute Gasteiger partial charge is 0.274 e. The highest BCUT2D eigenvalue weighted by atomic mass is 16.5. The zero-order valence-corrected chi connectivity index (χ0v) is 13.9. The average molecular weight is 328 g/mol. The SMILES string of the molecule is C=CCNc1nc(C)cc(C(=O)Nc2ccc(OC)cc2OC)n1. The van der Waals surface area contributed by atoms with Crippen molar-refractivity contribution in [3.63, 3.8) is 0 Å². The minimum absolute atomic E-state index is 0.256. The van der Waals surface area contributed by atoms with Crippen molar-refractivity contribution >= 4 is 17.5 Å². The minimum Gasteiger partial charge on any atom is -0.497 e. The van der Waals surface area contributed by atoms with Crippen LogP contribution in [0.5, 0.6) is 11.5 Å². The normalized spacial score (nSPS) is 9.96. The van der Waals surface area contributed by atoms with E-state index in [1.165, 1.54) is 7.11 Å². The molecule has 0 saturated carbocycles. The van der Waals surface area contributed by atoms with Crippen molar-refractivity contribution in [2.75, 3.05) is 31.4 Å². The molecule has 7 heteroatoms. The fourth-order valence-electron chi connectivity index (χ4n) is 2.02. The van der Waals surface area contributed by atoms with Gasteiger partial charge in [0.15, 0.2) is 0 Å². The molecule has 126 valence electrons. The second-order valence-electron chi connectivity index (χ2n) is 4.91. The summed E-state index contributed by atoms with van der Waals surface area (Å²) < 4.78 is 10.4. The molecule has 1 heterocycles. The fourth-order valence-corrected chi connectivity index (χ4v) is 2.02. The molecule has 1 aromatic carbocycles. The van der Waals surface area contributed by atoms with Crippen LogP contribution in [0.1, 0.15) is 16.2 Å². The second-order valence-corrected chi connectivity index (χ2v) is 4.91. The number of benzene rings is 1. The number of carbonyl (C=O) groups excluding carboxylic acids is 1. The summed E-state index contributed by atoms with van der Waals surface area (Å²) in [5.41, 5.74) is 1.47. The molecule has 2 aromatic rings. The van der Waals surface area contributed by atoms with Crippen LogP contribution < -0.4 is 20.1 Å². The molecule has 2 N–H and O–H groups in total. The Labute approximate surface area is 140 Å². The zero-order chi connectivity index (χ0) is 17.5. The first-order valence-electron chi connectivity index (χ1n) is 7.31. The molecule has 0 aliphatic rings. The molecule has 0 aliphatic carbocycles. The van der Waals surface area contributed by atoms with E-state index in [2.05, 4.69) is 27.2 Å². The van der Waals surface area contributed by atoms with Crippen LogP contribution in [0, 0.1) is 6.92 Å². The van der Waals surface area contributed by atoms with E-state index < -0.39 is 0 Å². The Morgan fingerprint density at radius 2 is 2.04 bits per heavy atom. The van der Waals surface area contributed by atoms with Crippen LogP contribution in [0.25, 0.3) is 0 Å². The first-order valence-corrected chi connectivity index (χ1v) is 7.31. The van der Waals surface area contributed by atoms with Crippen molar-refractivity contribution in [3.05, 3.63) is 48.3 Å². The summed E-state index contributed by atoms with van der Waals surface area (Å²) in [6.45, 7) is 5.93. The lowest BCUT2D eigenvalue weighted by Crippen LogP contribution is -2.16. The van der Waals surface area contributed by atoms with Gasteiger partial charge in [-0.3, -0.25) is 4.79 Å². The summed E-state index contributed by atoms with van der Waals surface area (Å²) in [5, 5.41) is 5.75. The maximum Gasteiger partial charge on any atom is 0.274 e. The molecule has 0 bridgehead atoms. The van der Waals surface area contributed by atoms with E-state index in [9.17, 15) is 4.79 Å². The van der Waals surface area contributed by atoms with Crippen LogP contribution in [0.2, 0.25) is 0 Å². The lowest BCUT2D eigenvalue weighted by molar-refractivity contribution is 0.102. The van der Waals surface area contributed by atoms with Gasteiger partial charge in [-0.1, -0.05) is 6.08 Å². The first-order chi connectivity index (χ1) is 11.6. The molecule has 0 atom stereocenters. The summed E-state index contributed by atoms with van der Waals surface area (Å²) in [4.78, 5) is 20.9. The van der Waals surface area contributed by atoms with E-state index in [1.54, 1.807) is 44.4 Å². The Morgan fingerprint density at radius 1 is 1.25 bits per heavy atom. The molecule has 0 spiro atoms. The maximum absolute atomic E-state index is 12.5. The average Bonchev–Trinajstić information content (AvgIpc) is 2.59. The van der Waals surface area contributed by atoms with Gasteiger partial charge in [-0.15, -0.1) is 6.58 Å². The first kappa shape index (κ1) is 17.3. The van der Waals surface area contributed by atoms with Gasteiger partial charge in [0.1, 0.15) is 17.2 Å². The molecule has 2 rings (SSSR count). The summed E-state index contributed by atoms with van der Waals surface area (Å²) in [7, 11) is 3.09. The van der Waals surface area contributed by atoms with Crippen LogP contribution in [0.15, 0.2) is 36.9 Å². The number of amides is 1. The van der Waals surface area contributed by atoms with Crippen molar-refractivity contribution in [3.8, 4) is 11.5 Å². The predicted octanol–water partition coefficient (Wildman–Crippen LogP) is 2.65. The molecule has 7 nitrogen and oxygen atoms in total. The Bertz CT molecular complexity index is 747. The Kier molecular flexibility index (Phi) is 5.73. The van der Waals surface area contributed by atoms with E-state index in [1.807, 2.05) is 0 Å². The largest absolute Gasteiger partial charge is 0.497 e. The van der Waals surface area contributed by atoms with Crippen molar-refractivity contribution in [2.45, 2.75) is 6.92 Å². The summed E-state index contributed by atoms with van der Waals surface area (Å²) in [6.07, 6.45) is 1.69. The molecule has 0 fully saturated rings. The molecular formula is C17H20N4O3. The van der Waals surface area contributed by atoms with Crippen molar-refractivity contribution < 1.29 is 14.3 Å². The zero-order valence-electron chi connectivity index (χ0n) is 13.9. The number of anilines is 2. The second kappa shape index (κ2) is 7.96. The van der Waals surface area contributed by atoms with Gasteiger partial charge in [0.05, 0.1) is 19.9 Å². The third kappa shape index (κ3) is 4.22. The number of ether oxygens (including phenoxy) is 2. The monoisotopic (exact) mass is 328 g/mol. The molecule has 0 radical (unpaired) electrons. The molecule has 24 heavy (non-hydrogen) atoms. The van der Waals surface area contributed by atoms with Crippen molar-refractivity contribution in [1.82, 2.24) is 9.97 Å². The van der Waals surface area contributed by atoms with E-state index >= 15 is 0 Å². The third-order valence-corrected chi connectivity index (χ3v) is 3.15. The van der Waals surface area contributed by atoms with E-state index in [0.717, 1.165) is 0 Å². The highest BCUT2D eigenvalue weighted by Gasteiger charge is 2.14. The number of nitrogens with one attached hydrogen (secondary N) is 2. The van der Waals surface area contributed by atoms with Gasteiger partial charge < -0.3 is 20.1 Å². The van der Waals surface area contributed by atoms with Crippen LogP contribution in [-0.2, 0) is 0 Å². The summed E-state index contributed by atoms with van der Waals surface area (Å²) >= 11 is 0. The number of aromatic nitrogens is 2. The van der Waals surface area contributed by atoms with Gasteiger partial charge in [0.2, 0.25) is 5.95 Å². The van der Waals surface area contributed by atoms with Gasteiger partial charge >= 0.3 is 0 Å². The van der Waals surface area contributed by atoms with Gasteiger partial charge in [0.25, 0.3) is 5.91 Å². The number of rotatable bonds is 7. The predicted molar refractivity (Wildman–Crippen MR) is 93.0 cm³/mol. The Hall–Kier alpha value is -3.09. The number of aryl methyl sites for hydroxylation is 1. The van der Waals surface area contributed by atoms with E-state index in [-0.39, 0.29) is 11.6 Å². The summed E-state index contributed by atoms with van der Waals surface area (Å²) in [6, 6.07) is 6.75. The fraction of sp³-hybridized carbons (Fsp3) is 0.235. The number of methoxy groups -OCH3 is 2. The number of hydrogen-bond acceptors (Lipinski definition) is 6. The molecule has 0 aliphatic heterocycles. The number of carbonyl (C=O) groups is 1. The molecule has 1 amide bonds. The quantitative estimate of drug-likeness (QED) is 0.760. The number of nitrogens with zero attached hydrogens (tertiary/aromatic N) is 2. The van der Waals surface area contributed by atoms with Crippen LogP contribution in [0.4, 0.5) is 11.6 Å². The van der Waals surface area contributed by atoms with Gasteiger partial charge in [-0.2, -0.15) is 0 Å². The third-order valence-electron chi connectivity index (χ3n) is 3.15. The topological polar surface area (TPSA) is 85.4 Å². The molecule has 0 unspecified atom stereocenters. The van der Waals surface area contributed by atoms with Crippen LogP contribution >= 0.6 is 0 Å². The number of hydrogen-bond donors (Lipinski definition) is 2. The van der Waals surface area contributed by atoms with Crippen molar-refractivity contribution in [2.24, 2.45) is 0 Å². The van der Waals surface area contributed by atoms with Crippen molar-refractivity contribution in [1.29, 1.82) is 0 Å². The minimum atomic E-state index is -0.356. The maximum atomic E-state index is 12.5. The van der Waals surface area contributed by atoms with Crippen LogP contribution in [0.3, 0.4) is 0 Å². The Balaban J connectivity index is 2.23. The van der Waals surface area contributed by atoms with Crippen LogP contribution in [-0.4, -0.2) is 36.6 Å². The molecule has 0 saturated heterocycles. The Morgan fingerprint density at radius 3 is 2.71 bits per heavy atom. The van der Waals surface area contributed by atoms with Gasteiger partial charge in [-0.05, 0) is 25.1 Å². The molecular weight excluding hydrogens is 308 g/mol. The van der Waals surface area contributed by atoms with E-state index in [4.69, 9.17) is 9.47 Å². The molecule has 1 aromatic heterocycles.